The van der Waals surface area contributed by atoms with Crippen molar-refractivity contribution in [2.75, 3.05) is 11.1 Å². The van der Waals surface area contributed by atoms with E-state index in [1.54, 1.807) is 0 Å². The average Bonchev–Trinajstić information content (AvgIpc) is 2.61. The van der Waals surface area contributed by atoms with Crippen molar-refractivity contribution in [3.05, 3.63) is 0 Å². The molecule has 1 aromatic rings. The zero-order valence-corrected chi connectivity index (χ0v) is 12.3. The van der Waals surface area contributed by atoms with E-state index in [4.69, 9.17) is 0 Å². The Morgan fingerprint density at radius 2 is 1.94 bits per heavy atom. The highest BCUT2D eigenvalue weighted by Crippen LogP contribution is 2.24. The van der Waals surface area contributed by atoms with Gasteiger partial charge in [0.25, 0.3) is 0 Å². The van der Waals surface area contributed by atoms with Crippen molar-refractivity contribution >= 4 is 26.3 Å². The molecule has 0 saturated carbocycles. The molecular weight excluding hydrogens is 258 g/mol. The van der Waals surface area contributed by atoms with E-state index < -0.39 is 9.84 Å². The molecule has 17 heavy (non-hydrogen) atoms. The Labute approximate surface area is 107 Å². The van der Waals surface area contributed by atoms with Crippen LogP contribution in [0.2, 0.25) is 0 Å². The van der Waals surface area contributed by atoms with E-state index in [0.29, 0.717) is 11.6 Å². The third-order valence-corrected chi connectivity index (χ3v) is 5.01. The molecule has 1 rings (SSSR count). The molecule has 0 amide bonds. The van der Waals surface area contributed by atoms with Crippen LogP contribution in [0.5, 0.6) is 0 Å². The third kappa shape index (κ3) is 4.59. The standard InChI is InChI=1S/C10H19N3O2S2/c1-5-6-7-17(14,15)9-13-12-8(16-9)11-10(2,3)4/h5-7H2,1-4H3,(H,11,12). The minimum absolute atomic E-state index is 0.109. The lowest BCUT2D eigenvalue weighted by atomic mass is 10.1. The van der Waals surface area contributed by atoms with Crippen LogP contribution in [-0.4, -0.2) is 29.9 Å². The topological polar surface area (TPSA) is 72.0 Å². The number of anilines is 1. The number of hydrogen-bond donors (Lipinski definition) is 1. The SMILES string of the molecule is CCCCS(=O)(=O)c1nnc(NC(C)(C)C)s1. The minimum atomic E-state index is -3.25. The molecule has 1 aromatic heterocycles. The van der Waals surface area contributed by atoms with Crippen LogP contribution in [0, 0.1) is 0 Å². The lowest BCUT2D eigenvalue weighted by Gasteiger charge is -2.18. The lowest BCUT2D eigenvalue weighted by molar-refractivity contribution is 0.590. The van der Waals surface area contributed by atoms with Crippen LogP contribution >= 0.6 is 11.3 Å². The molecule has 0 bridgehead atoms. The van der Waals surface area contributed by atoms with Crippen molar-refractivity contribution in [2.24, 2.45) is 0 Å². The third-order valence-electron chi connectivity index (χ3n) is 1.92. The Kier molecular flexibility index (Phi) is 4.48. The van der Waals surface area contributed by atoms with Gasteiger partial charge in [0, 0.05) is 5.54 Å². The Morgan fingerprint density at radius 3 is 2.47 bits per heavy atom. The number of hydrogen-bond acceptors (Lipinski definition) is 6. The van der Waals surface area contributed by atoms with Crippen molar-refractivity contribution in [1.29, 1.82) is 0 Å². The second-order valence-electron chi connectivity index (χ2n) is 4.92. The Hall–Kier alpha value is -0.690. The second-order valence-corrected chi connectivity index (χ2v) is 8.18. The zero-order valence-electron chi connectivity index (χ0n) is 10.6. The van der Waals surface area contributed by atoms with Gasteiger partial charge in [-0.25, -0.2) is 8.42 Å². The summed E-state index contributed by atoms with van der Waals surface area (Å²) in [5.41, 5.74) is -0.149. The molecule has 1 N–H and O–H groups in total. The van der Waals surface area contributed by atoms with Crippen molar-refractivity contribution in [3.8, 4) is 0 Å². The molecule has 0 aliphatic carbocycles. The van der Waals surface area contributed by atoms with Crippen LogP contribution in [0.15, 0.2) is 4.34 Å². The number of nitrogens with one attached hydrogen (secondary N) is 1. The number of sulfone groups is 1. The second kappa shape index (κ2) is 5.30. The summed E-state index contributed by atoms with van der Waals surface area (Å²) >= 11 is 1.10. The summed E-state index contributed by atoms with van der Waals surface area (Å²) in [4.78, 5) is 0. The summed E-state index contributed by atoms with van der Waals surface area (Å²) in [5.74, 6) is 0.146. The highest BCUT2D eigenvalue weighted by Gasteiger charge is 2.21. The smallest absolute Gasteiger partial charge is 0.234 e. The normalized spacial score (nSPS) is 12.7. The average molecular weight is 277 g/mol. The van der Waals surface area contributed by atoms with Gasteiger partial charge in [-0.3, -0.25) is 0 Å². The van der Waals surface area contributed by atoms with Gasteiger partial charge in [0.15, 0.2) is 0 Å². The van der Waals surface area contributed by atoms with Gasteiger partial charge in [-0.2, -0.15) is 0 Å². The van der Waals surface area contributed by atoms with Gasteiger partial charge in [-0.05, 0) is 27.2 Å². The fraction of sp³-hybridized carbons (Fsp3) is 0.800. The van der Waals surface area contributed by atoms with Crippen molar-refractivity contribution in [2.45, 2.75) is 50.4 Å². The van der Waals surface area contributed by atoms with Crippen LogP contribution in [0.25, 0.3) is 0 Å². The molecule has 0 aliphatic heterocycles. The van der Waals surface area contributed by atoms with E-state index >= 15 is 0 Å². The quantitative estimate of drug-likeness (QED) is 0.894. The van der Waals surface area contributed by atoms with Crippen LogP contribution < -0.4 is 5.32 Å². The molecule has 0 aliphatic rings. The predicted molar refractivity (Wildman–Crippen MR) is 70.2 cm³/mol. The minimum Gasteiger partial charge on any atom is -0.355 e. The van der Waals surface area contributed by atoms with E-state index in [0.717, 1.165) is 17.8 Å². The summed E-state index contributed by atoms with van der Waals surface area (Å²) < 4.78 is 23.8. The van der Waals surface area contributed by atoms with Crippen LogP contribution in [-0.2, 0) is 9.84 Å². The summed E-state index contributed by atoms with van der Waals surface area (Å²) in [7, 11) is -3.25. The van der Waals surface area contributed by atoms with Crippen molar-refractivity contribution in [1.82, 2.24) is 10.2 Å². The molecule has 0 saturated heterocycles. The van der Waals surface area contributed by atoms with E-state index in [1.807, 2.05) is 27.7 Å². The molecule has 0 unspecified atom stereocenters. The molecule has 1 heterocycles. The number of aromatic nitrogens is 2. The zero-order chi connectivity index (χ0) is 13.1. The molecule has 0 aromatic carbocycles. The molecule has 0 atom stereocenters. The maximum absolute atomic E-state index is 11.9. The molecule has 0 spiro atoms. The van der Waals surface area contributed by atoms with E-state index in [9.17, 15) is 8.42 Å². The summed E-state index contributed by atoms with van der Waals surface area (Å²) in [6.45, 7) is 7.92. The number of nitrogens with zero attached hydrogens (tertiary/aromatic N) is 2. The number of rotatable bonds is 5. The highest BCUT2D eigenvalue weighted by atomic mass is 32.2. The predicted octanol–water partition coefficient (Wildman–Crippen LogP) is 2.32. The van der Waals surface area contributed by atoms with E-state index in [-0.39, 0.29) is 15.6 Å². The highest BCUT2D eigenvalue weighted by molar-refractivity contribution is 7.93. The first kappa shape index (κ1) is 14.4. The fourth-order valence-electron chi connectivity index (χ4n) is 1.13. The van der Waals surface area contributed by atoms with E-state index in [2.05, 4.69) is 15.5 Å². The maximum atomic E-state index is 11.9. The Balaban J connectivity index is 2.81. The molecule has 0 radical (unpaired) electrons. The maximum Gasteiger partial charge on any atom is 0.234 e. The van der Waals surface area contributed by atoms with Gasteiger partial charge in [-0.15, -0.1) is 10.2 Å². The van der Waals surface area contributed by atoms with Gasteiger partial charge >= 0.3 is 0 Å². The van der Waals surface area contributed by atoms with Crippen LogP contribution in [0.1, 0.15) is 40.5 Å². The van der Waals surface area contributed by atoms with Crippen LogP contribution in [0.4, 0.5) is 5.13 Å². The van der Waals surface area contributed by atoms with Gasteiger partial charge < -0.3 is 5.32 Å². The van der Waals surface area contributed by atoms with Crippen molar-refractivity contribution in [3.63, 3.8) is 0 Å². The molecule has 7 heteroatoms. The Morgan fingerprint density at radius 1 is 1.29 bits per heavy atom. The first-order chi connectivity index (χ1) is 7.74. The largest absolute Gasteiger partial charge is 0.355 e. The summed E-state index contributed by atoms with van der Waals surface area (Å²) in [6, 6.07) is 0. The lowest BCUT2D eigenvalue weighted by Crippen LogP contribution is -2.25. The van der Waals surface area contributed by atoms with Gasteiger partial charge in [0.05, 0.1) is 5.75 Å². The van der Waals surface area contributed by atoms with Gasteiger partial charge in [0.1, 0.15) is 0 Å². The monoisotopic (exact) mass is 277 g/mol. The first-order valence-electron chi connectivity index (χ1n) is 5.59. The molecule has 98 valence electrons. The molecule has 0 fully saturated rings. The first-order valence-corrected chi connectivity index (χ1v) is 8.06. The Bertz CT molecular complexity index is 460. The van der Waals surface area contributed by atoms with Crippen molar-refractivity contribution < 1.29 is 8.42 Å². The summed E-state index contributed by atoms with van der Waals surface area (Å²) in [5, 5.41) is 11.3. The van der Waals surface area contributed by atoms with Crippen LogP contribution in [0.3, 0.4) is 0 Å². The molecule has 5 nitrogen and oxygen atoms in total. The molecular formula is C10H19N3O2S2. The summed E-state index contributed by atoms with van der Waals surface area (Å²) in [6.07, 6.45) is 1.51. The van der Waals surface area contributed by atoms with Gasteiger partial charge in [0.2, 0.25) is 19.3 Å². The number of unbranched alkanes of at least 4 members (excludes halogenated alkanes) is 1. The fourth-order valence-corrected chi connectivity index (χ4v) is 3.82. The van der Waals surface area contributed by atoms with E-state index in [1.165, 1.54) is 0 Å². The van der Waals surface area contributed by atoms with Gasteiger partial charge in [-0.1, -0.05) is 24.7 Å².